The number of rotatable bonds is 2. The predicted molar refractivity (Wildman–Crippen MR) is 95.6 cm³/mol. The molecule has 0 radical (unpaired) electrons. The first kappa shape index (κ1) is 14.7. The Morgan fingerprint density at radius 3 is 2.57 bits per heavy atom. The van der Waals surface area contributed by atoms with Crippen molar-refractivity contribution >= 4 is 5.69 Å². The summed E-state index contributed by atoms with van der Waals surface area (Å²) in [6, 6.07) is 20.4. The summed E-state index contributed by atoms with van der Waals surface area (Å²) in [4.78, 5) is 7.72. The van der Waals surface area contributed by atoms with Gasteiger partial charge in [0.2, 0.25) is 0 Å². The fraction of sp³-hybridized carbons (Fsp3) is 0.400. The van der Waals surface area contributed by atoms with Crippen molar-refractivity contribution in [2.75, 3.05) is 38.1 Å². The standard InChI is InChI=1S/C20H25N3/c1-21-14-18-9-5-6-10-20(18)23-12-11-22(16-19(23)15-21)13-17-7-3-2-4-8-17/h2-10,19H,11-16H2,1H3. The first-order valence-electron chi connectivity index (χ1n) is 8.59. The summed E-state index contributed by atoms with van der Waals surface area (Å²) in [7, 11) is 2.25. The van der Waals surface area contributed by atoms with Gasteiger partial charge in [-0.2, -0.15) is 0 Å². The molecule has 0 saturated carbocycles. The lowest BCUT2D eigenvalue weighted by Crippen LogP contribution is -2.55. The van der Waals surface area contributed by atoms with E-state index in [-0.39, 0.29) is 0 Å². The van der Waals surface area contributed by atoms with Gasteiger partial charge in [0, 0.05) is 45.0 Å². The van der Waals surface area contributed by atoms with Gasteiger partial charge in [0.25, 0.3) is 0 Å². The van der Waals surface area contributed by atoms with E-state index in [0.29, 0.717) is 6.04 Å². The summed E-state index contributed by atoms with van der Waals surface area (Å²) in [6.45, 7) is 6.68. The summed E-state index contributed by atoms with van der Waals surface area (Å²) in [5.41, 5.74) is 4.33. The van der Waals surface area contributed by atoms with Gasteiger partial charge in [0.15, 0.2) is 0 Å². The summed E-state index contributed by atoms with van der Waals surface area (Å²) < 4.78 is 0. The zero-order chi connectivity index (χ0) is 15.6. The van der Waals surface area contributed by atoms with Crippen LogP contribution in [0.25, 0.3) is 0 Å². The van der Waals surface area contributed by atoms with E-state index in [4.69, 9.17) is 0 Å². The molecule has 4 rings (SSSR count). The molecule has 2 aliphatic rings. The molecule has 1 atom stereocenters. The lowest BCUT2D eigenvalue weighted by molar-refractivity contribution is 0.189. The van der Waals surface area contributed by atoms with Crippen molar-refractivity contribution in [1.29, 1.82) is 0 Å². The molecule has 0 aliphatic carbocycles. The first-order chi connectivity index (χ1) is 11.3. The number of hydrogen-bond donors (Lipinski definition) is 0. The topological polar surface area (TPSA) is 9.72 Å². The van der Waals surface area contributed by atoms with E-state index in [1.165, 1.54) is 16.8 Å². The Labute approximate surface area is 139 Å². The molecule has 23 heavy (non-hydrogen) atoms. The van der Waals surface area contributed by atoms with E-state index < -0.39 is 0 Å². The van der Waals surface area contributed by atoms with Gasteiger partial charge in [-0.05, 0) is 24.2 Å². The van der Waals surface area contributed by atoms with Gasteiger partial charge < -0.3 is 4.90 Å². The van der Waals surface area contributed by atoms with Crippen molar-refractivity contribution in [1.82, 2.24) is 9.80 Å². The van der Waals surface area contributed by atoms with Crippen LogP contribution in [-0.4, -0.2) is 49.1 Å². The molecule has 0 aromatic heterocycles. The smallest absolute Gasteiger partial charge is 0.0544 e. The maximum absolute atomic E-state index is 2.64. The van der Waals surface area contributed by atoms with Crippen LogP contribution in [-0.2, 0) is 13.1 Å². The van der Waals surface area contributed by atoms with Gasteiger partial charge in [0.1, 0.15) is 0 Å². The Kier molecular flexibility index (Phi) is 4.06. The fourth-order valence-electron chi connectivity index (χ4n) is 4.02. The second-order valence-corrected chi connectivity index (χ2v) is 6.89. The molecule has 1 fully saturated rings. The van der Waals surface area contributed by atoms with Crippen LogP contribution in [0, 0.1) is 0 Å². The van der Waals surface area contributed by atoms with Gasteiger partial charge in [-0.1, -0.05) is 48.5 Å². The maximum atomic E-state index is 2.64. The Hall–Kier alpha value is -1.84. The van der Waals surface area contributed by atoms with Gasteiger partial charge in [-0.3, -0.25) is 9.80 Å². The molecule has 120 valence electrons. The van der Waals surface area contributed by atoms with E-state index in [1.807, 2.05) is 0 Å². The number of hydrogen-bond acceptors (Lipinski definition) is 3. The minimum Gasteiger partial charge on any atom is -0.364 e. The molecule has 2 heterocycles. The van der Waals surface area contributed by atoms with Gasteiger partial charge in [0.05, 0.1) is 6.04 Å². The SMILES string of the molecule is CN1Cc2ccccc2N2CCN(Cc3ccccc3)CC2C1. The van der Waals surface area contributed by atoms with Crippen LogP contribution in [0.2, 0.25) is 0 Å². The van der Waals surface area contributed by atoms with E-state index in [0.717, 1.165) is 39.3 Å². The van der Waals surface area contributed by atoms with Crippen LogP contribution in [0.3, 0.4) is 0 Å². The third-order valence-corrected chi connectivity index (χ3v) is 5.08. The number of piperazine rings is 1. The van der Waals surface area contributed by atoms with Crippen LogP contribution in [0.4, 0.5) is 5.69 Å². The molecule has 2 aromatic rings. The second-order valence-electron chi connectivity index (χ2n) is 6.89. The molecular formula is C20H25N3. The third kappa shape index (κ3) is 3.12. The lowest BCUT2D eigenvalue weighted by Gasteiger charge is -2.43. The Morgan fingerprint density at radius 2 is 1.70 bits per heavy atom. The molecule has 2 aromatic carbocycles. The molecular weight excluding hydrogens is 282 g/mol. The zero-order valence-electron chi connectivity index (χ0n) is 13.9. The molecule has 2 aliphatic heterocycles. The summed E-state index contributed by atoms with van der Waals surface area (Å²) in [5, 5.41) is 0. The third-order valence-electron chi connectivity index (χ3n) is 5.08. The number of anilines is 1. The van der Waals surface area contributed by atoms with E-state index in [1.54, 1.807) is 0 Å². The van der Waals surface area contributed by atoms with Crippen molar-refractivity contribution in [3.05, 3.63) is 65.7 Å². The van der Waals surface area contributed by atoms with Crippen molar-refractivity contribution in [2.45, 2.75) is 19.1 Å². The van der Waals surface area contributed by atoms with Crippen LogP contribution in [0.1, 0.15) is 11.1 Å². The van der Waals surface area contributed by atoms with Gasteiger partial charge >= 0.3 is 0 Å². The van der Waals surface area contributed by atoms with Crippen molar-refractivity contribution in [3.63, 3.8) is 0 Å². The highest BCUT2D eigenvalue weighted by molar-refractivity contribution is 5.55. The van der Waals surface area contributed by atoms with Crippen LogP contribution in [0.15, 0.2) is 54.6 Å². The van der Waals surface area contributed by atoms with Crippen LogP contribution < -0.4 is 4.90 Å². The average molecular weight is 307 g/mol. The number of para-hydroxylation sites is 1. The van der Waals surface area contributed by atoms with Crippen LogP contribution >= 0.6 is 0 Å². The van der Waals surface area contributed by atoms with Crippen molar-refractivity contribution in [2.24, 2.45) is 0 Å². The number of nitrogens with zero attached hydrogens (tertiary/aromatic N) is 3. The number of fused-ring (bicyclic) bond motifs is 3. The highest BCUT2D eigenvalue weighted by atomic mass is 15.3. The van der Waals surface area contributed by atoms with Gasteiger partial charge in [-0.25, -0.2) is 0 Å². The minimum atomic E-state index is 0.584. The summed E-state index contributed by atoms with van der Waals surface area (Å²) in [6.07, 6.45) is 0. The Morgan fingerprint density at radius 1 is 0.913 bits per heavy atom. The monoisotopic (exact) mass is 307 g/mol. The number of likely N-dealkylation sites (N-methyl/N-ethyl adjacent to an activating group) is 1. The highest BCUT2D eigenvalue weighted by Crippen LogP contribution is 2.29. The van der Waals surface area contributed by atoms with E-state index in [9.17, 15) is 0 Å². The Bertz CT molecular complexity index is 655. The molecule has 0 bridgehead atoms. The maximum Gasteiger partial charge on any atom is 0.0544 e. The number of benzene rings is 2. The lowest BCUT2D eigenvalue weighted by atomic mass is 10.1. The normalized spacial score (nSPS) is 22.3. The first-order valence-corrected chi connectivity index (χ1v) is 8.59. The van der Waals surface area contributed by atoms with E-state index >= 15 is 0 Å². The molecule has 0 amide bonds. The summed E-state index contributed by atoms with van der Waals surface area (Å²) >= 11 is 0. The van der Waals surface area contributed by atoms with Crippen molar-refractivity contribution in [3.8, 4) is 0 Å². The molecule has 0 N–H and O–H groups in total. The molecule has 1 saturated heterocycles. The van der Waals surface area contributed by atoms with Crippen LogP contribution in [0.5, 0.6) is 0 Å². The minimum absolute atomic E-state index is 0.584. The molecule has 1 unspecified atom stereocenters. The predicted octanol–water partition coefficient (Wildman–Crippen LogP) is 2.82. The molecule has 3 heteroatoms. The summed E-state index contributed by atoms with van der Waals surface area (Å²) in [5.74, 6) is 0. The largest absolute Gasteiger partial charge is 0.364 e. The zero-order valence-corrected chi connectivity index (χ0v) is 13.9. The average Bonchev–Trinajstić information content (AvgIpc) is 2.70. The van der Waals surface area contributed by atoms with Crippen molar-refractivity contribution < 1.29 is 0 Å². The van der Waals surface area contributed by atoms with Gasteiger partial charge in [-0.15, -0.1) is 0 Å². The quantitative estimate of drug-likeness (QED) is 0.845. The molecule has 0 spiro atoms. The van der Waals surface area contributed by atoms with E-state index in [2.05, 4.69) is 76.3 Å². The fourth-order valence-corrected chi connectivity index (χ4v) is 4.02. The Balaban J connectivity index is 1.53. The highest BCUT2D eigenvalue weighted by Gasteiger charge is 2.31. The second kappa shape index (κ2) is 6.34. The molecule has 3 nitrogen and oxygen atoms in total.